The zero-order valence-electron chi connectivity index (χ0n) is 11.8. The quantitative estimate of drug-likeness (QED) is 0.681. The average Bonchev–Trinajstić information content (AvgIpc) is 2.80. The van der Waals surface area contributed by atoms with Crippen LogP contribution in [0, 0.1) is 0 Å². The van der Waals surface area contributed by atoms with E-state index < -0.39 is 0 Å². The standard InChI is InChI=1S/C15H16N4O2/c1-18-14-13(11-6-2-3-7-12(11)16-17-14)19(15(18)20)10-5-4-8-21-9-10/h2-3,6-7,10H,4-5,8-9H2,1H3/t10-/m0/s1. The molecule has 21 heavy (non-hydrogen) atoms. The third kappa shape index (κ3) is 1.79. The minimum Gasteiger partial charge on any atom is -0.379 e. The zero-order chi connectivity index (χ0) is 14.4. The van der Waals surface area contributed by atoms with Gasteiger partial charge in [-0.05, 0) is 18.9 Å². The van der Waals surface area contributed by atoms with Crippen molar-refractivity contribution in [3.63, 3.8) is 0 Å². The van der Waals surface area contributed by atoms with Gasteiger partial charge in [0, 0.05) is 19.0 Å². The van der Waals surface area contributed by atoms with Gasteiger partial charge in [0.25, 0.3) is 0 Å². The Kier molecular flexibility index (Phi) is 2.78. The second-order valence-electron chi connectivity index (χ2n) is 5.47. The second-order valence-corrected chi connectivity index (χ2v) is 5.47. The van der Waals surface area contributed by atoms with E-state index in [2.05, 4.69) is 10.2 Å². The van der Waals surface area contributed by atoms with Crippen LogP contribution in [-0.4, -0.2) is 32.5 Å². The fraction of sp³-hybridized carbons (Fsp3) is 0.400. The van der Waals surface area contributed by atoms with Crippen LogP contribution in [0.3, 0.4) is 0 Å². The van der Waals surface area contributed by atoms with Gasteiger partial charge >= 0.3 is 5.69 Å². The van der Waals surface area contributed by atoms with E-state index in [1.165, 1.54) is 0 Å². The number of aryl methyl sites for hydroxylation is 1. The molecule has 0 radical (unpaired) electrons. The van der Waals surface area contributed by atoms with Gasteiger partial charge in [-0.3, -0.25) is 9.13 Å². The molecule has 1 aliphatic heterocycles. The molecule has 0 N–H and O–H groups in total. The molecule has 3 aromatic rings. The Hall–Kier alpha value is -2.21. The Labute approximate surface area is 121 Å². The van der Waals surface area contributed by atoms with Crippen LogP contribution < -0.4 is 5.69 Å². The molecule has 2 aromatic heterocycles. The number of hydrogen-bond donors (Lipinski definition) is 0. The summed E-state index contributed by atoms with van der Waals surface area (Å²) in [5.74, 6) is 0. The van der Waals surface area contributed by atoms with Gasteiger partial charge in [-0.15, -0.1) is 10.2 Å². The van der Waals surface area contributed by atoms with E-state index in [9.17, 15) is 4.79 Å². The molecule has 4 rings (SSSR count). The van der Waals surface area contributed by atoms with Gasteiger partial charge in [-0.2, -0.15) is 0 Å². The lowest BCUT2D eigenvalue weighted by molar-refractivity contribution is 0.0593. The van der Waals surface area contributed by atoms with Gasteiger partial charge in [0.1, 0.15) is 5.52 Å². The van der Waals surface area contributed by atoms with Crippen molar-refractivity contribution in [3.05, 3.63) is 34.7 Å². The molecule has 1 fully saturated rings. The second kappa shape index (κ2) is 4.66. The molecular formula is C15H16N4O2. The van der Waals surface area contributed by atoms with Crippen molar-refractivity contribution in [2.24, 2.45) is 7.05 Å². The van der Waals surface area contributed by atoms with E-state index in [1.54, 1.807) is 11.6 Å². The van der Waals surface area contributed by atoms with Crippen LogP contribution in [-0.2, 0) is 11.8 Å². The predicted octanol–water partition coefficient (Wildman–Crippen LogP) is 1.63. The van der Waals surface area contributed by atoms with Gasteiger partial charge in [-0.1, -0.05) is 18.2 Å². The minimum absolute atomic E-state index is 0.0499. The molecule has 3 heterocycles. The highest BCUT2D eigenvalue weighted by Crippen LogP contribution is 2.26. The van der Waals surface area contributed by atoms with Gasteiger partial charge in [-0.25, -0.2) is 4.79 Å². The molecule has 0 unspecified atom stereocenters. The lowest BCUT2D eigenvalue weighted by Crippen LogP contribution is -2.31. The summed E-state index contributed by atoms with van der Waals surface area (Å²) in [6.07, 6.45) is 1.93. The van der Waals surface area contributed by atoms with Gasteiger partial charge in [0.05, 0.1) is 18.2 Å². The fourth-order valence-corrected chi connectivity index (χ4v) is 3.11. The summed E-state index contributed by atoms with van der Waals surface area (Å²) in [6, 6.07) is 7.87. The van der Waals surface area contributed by atoms with E-state index in [4.69, 9.17) is 4.74 Å². The molecule has 1 atom stereocenters. The lowest BCUT2D eigenvalue weighted by atomic mass is 10.1. The number of aromatic nitrogens is 4. The van der Waals surface area contributed by atoms with E-state index in [-0.39, 0.29) is 11.7 Å². The van der Waals surface area contributed by atoms with Crippen LogP contribution in [0.4, 0.5) is 0 Å². The molecule has 0 amide bonds. The van der Waals surface area contributed by atoms with Crippen LogP contribution in [0.2, 0.25) is 0 Å². The highest BCUT2D eigenvalue weighted by molar-refractivity contribution is 6.00. The highest BCUT2D eigenvalue weighted by Gasteiger charge is 2.24. The maximum atomic E-state index is 12.6. The van der Waals surface area contributed by atoms with Crippen LogP contribution in [0.5, 0.6) is 0 Å². The monoisotopic (exact) mass is 284 g/mol. The number of fused-ring (bicyclic) bond motifs is 3. The van der Waals surface area contributed by atoms with Crippen molar-refractivity contribution in [2.45, 2.75) is 18.9 Å². The molecule has 0 aliphatic carbocycles. The van der Waals surface area contributed by atoms with Crippen molar-refractivity contribution in [1.82, 2.24) is 19.3 Å². The molecule has 6 heteroatoms. The third-order valence-corrected chi connectivity index (χ3v) is 4.18. The minimum atomic E-state index is -0.0499. The van der Waals surface area contributed by atoms with Gasteiger partial charge in [0.15, 0.2) is 5.65 Å². The third-order valence-electron chi connectivity index (χ3n) is 4.18. The Balaban J connectivity index is 2.10. The molecule has 0 spiro atoms. The largest absolute Gasteiger partial charge is 0.379 e. The Bertz CT molecular complexity index is 874. The van der Waals surface area contributed by atoms with Crippen LogP contribution in [0.25, 0.3) is 22.1 Å². The first-order valence-electron chi connectivity index (χ1n) is 7.17. The molecule has 1 aliphatic rings. The molecule has 1 aromatic carbocycles. The molecule has 0 bridgehead atoms. The molecule has 6 nitrogen and oxygen atoms in total. The summed E-state index contributed by atoms with van der Waals surface area (Å²) in [5, 5.41) is 9.42. The van der Waals surface area contributed by atoms with Crippen LogP contribution in [0.15, 0.2) is 29.1 Å². The lowest BCUT2D eigenvalue weighted by Gasteiger charge is -2.23. The normalized spacial score (nSPS) is 19.4. The maximum absolute atomic E-state index is 12.6. The van der Waals surface area contributed by atoms with Crippen LogP contribution in [0.1, 0.15) is 18.9 Å². The number of imidazole rings is 1. The summed E-state index contributed by atoms with van der Waals surface area (Å²) < 4.78 is 8.97. The van der Waals surface area contributed by atoms with Gasteiger partial charge in [0.2, 0.25) is 0 Å². The smallest absolute Gasteiger partial charge is 0.330 e. The number of rotatable bonds is 1. The average molecular weight is 284 g/mol. The van der Waals surface area contributed by atoms with Crippen molar-refractivity contribution in [1.29, 1.82) is 0 Å². The van der Waals surface area contributed by atoms with E-state index in [1.807, 2.05) is 28.8 Å². The summed E-state index contributed by atoms with van der Waals surface area (Å²) in [6.45, 7) is 1.35. The number of ether oxygens (including phenoxy) is 1. The number of benzene rings is 1. The Morgan fingerprint density at radius 3 is 2.95 bits per heavy atom. The molecule has 108 valence electrons. The summed E-state index contributed by atoms with van der Waals surface area (Å²) >= 11 is 0. The SMILES string of the molecule is Cn1c(=O)n([C@H]2CCCOC2)c2c3ccccc3nnc21. The fourth-order valence-electron chi connectivity index (χ4n) is 3.11. The molecular weight excluding hydrogens is 268 g/mol. The summed E-state index contributed by atoms with van der Waals surface area (Å²) in [7, 11) is 1.74. The summed E-state index contributed by atoms with van der Waals surface area (Å²) in [5.41, 5.74) is 2.25. The van der Waals surface area contributed by atoms with Crippen molar-refractivity contribution >= 4 is 22.1 Å². The van der Waals surface area contributed by atoms with Gasteiger partial charge < -0.3 is 4.74 Å². The molecule has 0 saturated carbocycles. The molecule has 1 saturated heterocycles. The first-order chi connectivity index (χ1) is 10.3. The van der Waals surface area contributed by atoms with Crippen molar-refractivity contribution in [2.75, 3.05) is 13.2 Å². The number of hydrogen-bond acceptors (Lipinski definition) is 4. The maximum Gasteiger partial charge on any atom is 0.330 e. The van der Waals surface area contributed by atoms with Crippen molar-refractivity contribution in [3.8, 4) is 0 Å². The van der Waals surface area contributed by atoms with E-state index >= 15 is 0 Å². The van der Waals surface area contributed by atoms with E-state index in [0.29, 0.717) is 12.3 Å². The topological polar surface area (TPSA) is 61.9 Å². The van der Waals surface area contributed by atoms with E-state index in [0.717, 1.165) is 35.9 Å². The van der Waals surface area contributed by atoms with Crippen molar-refractivity contribution < 1.29 is 4.74 Å². The number of nitrogens with zero attached hydrogens (tertiary/aromatic N) is 4. The Morgan fingerprint density at radius 1 is 1.29 bits per heavy atom. The zero-order valence-corrected chi connectivity index (χ0v) is 11.8. The highest BCUT2D eigenvalue weighted by atomic mass is 16.5. The van der Waals surface area contributed by atoms with Crippen LogP contribution >= 0.6 is 0 Å². The Morgan fingerprint density at radius 2 is 2.14 bits per heavy atom. The predicted molar refractivity (Wildman–Crippen MR) is 79.4 cm³/mol. The first-order valence-corrected chi connectivity index (χ1v) is 7.17. The summed E-state index contributed by atoms with van der Waals surface area (Å²) in [4.78, 5) is 12.6. The first kappa shape index (κ1) is 12.5.